The summed E-state index contributed by atoms with van der Waals surface area (Å²) in [6, 6.07) is 10.3. The lowest BCUT2D eigenvalue weighted by Gasteiger charge is -2.12. The average molecular weight is 274 g/mol. The molecule has 0 amide bonds. The van der Waals surface area contributed by atoms with Crippen molar-refractivity contribution >= 4 is 5.69 Å². The van der Waals surface area contributed by atoms with Crippen LogP contribution < -0.4 is 10.1 Å². The molecule has 0 spiro atoms. The second kappa shape index (κ2) is 6.02. The summed E-state index contributed by atoms with van der Waals surface area (Å²) in [5.74, 6) is -0.723. The first-order valence-electron chi connectivity index (χ1n) is 5.90. The first kappa shape index (κ1) is 13.8. The SMILES string of the molecule is COc1cc(C#N)ccc1NCc1ccc(F)cc1F. The van der Waals surface area contributed by atoms with Gasteiger partial charge in [-0.15, -0.1) is 0 Å². The van der Waals surface area contributed by atoms with Crippen LogP contribution in [0, 0.1) is 23.0 Å². The number of halogens is 2. The van der Waals surface area contributed by atoms with Crippen LogP contribution in [0.15, 0.2) is 36.4 Å². The van der Waals surface area contributed by atoms with Crippen molar-refractivity contribution < 1.29 is 13.5 Å². The van der Waals surface area contributed by atoms with Gasteiger partial charge in [0.05, 0.1) is 24.4 Å². The van der Waals surface area contributed by atoms with Crippen LogP contribution in [0.2, 0.25) is 0 Å². The zero-order valence-corrected chi connectivity index (χ0v) is 10.8. The highest BCUT2D eigenvalue weighted by Crippen LogP contribution is 2.26. The number of ether oxygens (including phenoxy) is 1. The molecular weight excluding hydrogens is 262 g/mol. The van der Waals surface area contributed by atoms with Crippen molar-refractivity contribution in [1.29, 1.82) is 5.26 Å². The highest BCUT2D eigenvalue weighted by molar-refractivity contribution is 5.59. The van der Waals surface area contributed by atoms with Crippen molar-refractivity contribution in [2.75, 3.05) is 12.4 Å². The second-order valence-electron chi connectivity index (χ2n) is 4.12. The van der Waals surface area contributed by atoms with Crippen LogP contribution in [0.3, 0.4) is 0 Å². The van der Waals surface area contributed by atoms with Gasteiger partial charge in [-0.3, -0.25) is 0 Å². The summed E-state index contributed by atoms with van der Waals surface area (Å²) in [7, 11) is 1.49. The molecule has 2 aromatic rings. The number of anilines is 1. The lowest BCUT2D eigenvalue weighted by Crippen LogP contribution is -2.03. The average Bonchev–Trinajstić information content (AvgIpc) is 2.46. The molecule has 0 atom stereocenters. The van der Waals surface area contributed by atoms with Crippen molar-refractivity contribution in [3.63, 3.8) is 0 Å². The first-order chi connectivity index (χ1) is 9.63. The predicted octanol–water partition coefficient (Wildman–Crippen LogP) is 3.46. The summed E-state index contributed by atoms with van der Waals surface area (Å²) in [5, 5.41) is 11.8. The van der Waals surface area contributed by atoms with Crippen molar-refractivity contribution in [3.05, 3.63) is 59.2 Å². The van der Waals surface area contributed by atoms with Gasteiger partial charge in [-0.05, 0) is 18.2 Å². The Bertz CT molecular complexity index is 665. The van der Waals surface area contributed by atoms with Crippen LogP contribution in [0.5, 0.6) is 5.75 Å². The Morgan fingerprint density at radius 3 is 2.65 bits per heavy atom. The Balaban J connectivity index is 2.16. The largest absolute Gasteiger partial charge is 0.495 e. The van der Waals surface area contributed by atoms with E-state index < -0.39 is 11.6 Å². The van der Waals surface area contributed by atoms with E-state index in [1.807, 2.05) is 6.07 Å². The highest BCUT2D eigenvalue weighted by Gasteiger charge is 2.07. The molecule has 0 aromatic heterocycles. The Labute approximate surface area is 115 Å². The summed E-state index contributed by atoms with van der Waals surface area (Å²) < 4.78 is 31.5. The van der Waals surface area contributed by atoms with E-state index in [-0.39, 0.29) is 6.54 Å². The molecule has 0 heterocycles. The van der Waals surface area contributed by atoms with Gasteiger partial charge in [0.25, 0.3) is 0 Å². The minimum Gasteiger partial charge on any atom is -0.495 e. The van der Waals surface area contributed by atoms with Gasteiger partial charge < -0.3 is 10.1 Å². The standard InChI is InChI=1S/C15H12F2N2O/c1-20-15-6-10(8-18)2-5-14(15)19-9-11-3-4-12(16)7-13(11)17/h2-7,19H,9H2,1H3. The Morgan fingerprint density at radius 1 is 1.20 bits per heavy atom. The van der Waals surface area contributed by atoms with Gasteiger partial charge in [0.1, 0.15) is 17.4 Å². The van der Waals surface area contributed by atoms with Crippen molar-refractivity contribution in [1.82, 2.24) is 0 Å². The number of rotatable bonds is 4. The summed E-state index contributed by atoms with van der Waals surface area (Å²) >= 11 is 0. The third kappa shape index (κ3) is 3.04. The van der Waals surface area contributed by atoms with Crippen LogP contribution >= 0.6 is 0 Å². The van der Waals surface area contributed by atoms with Crippen molar-refractivity contribution in [3.8, 4) is 11.8 Å². The molecule has 5 heteroatoms. The number of hydrogen-bond donors (Lipinski definition) is 1. The molecule has 0 aliphatic rings. The van der Waals surface area contributed by atoms with Gasteiger partial charge in [0.2, 0.25) is 0 Å². The molecule has 0 unspecified atom stereocenters. The highest BCUT2D eigenvalue weighted by atomic mass is 19.1. The summed E-state index contributed by atoms with van der Waals surface area (Å²) in [6.07, 6.45) is 0. The van der Waals surface area contributed by atoms with Gasteiger partial charge in [-0.2, -0.15) is 5.26 Å². The molecule has 0 bridgehead atoms. The lowest BCUT2D eigenvalue weighted by molar-refractivity contribution is 0.416. The number of methoxy groups -OCH3 is 1. The zero-order chi connectivity index (χ0) is 14.5. The number of hydrogen-bond acceptors (Lipinski definition) is 3. The molecule has 0 fully saturated rings. The number of nitrogens with one attached hydrogen (secondary N) is 1. The minimum atomic E-state index is -0.609. The van der Waals surface area contributed by atoms with Crippen molar-refractivity contribution in [2.45, 2.75) is 6.54 Å². The minimum absolute atomic E-state index is 0.189. The molecule has 0 saturated heterocycles. The number of nitrogens with zero attached hydrogens (tertiary/aromatic N) is 1. The fourth-order valence-electron chi connectivity index (χ4n) is 1.76. The molecule has 102 valence electrons. The van der Waals surface area contributed by atoms with Gasteiger partial charge in [0, 0.05) is 24.2 Å². The summed E-state index contributed by atoms with van der Waals surface area (Å²) in [5.41, 5.74) is 1.45. The van der Waals surface area contributed by atoms with Gasteiger partial charge >= 0.3 is 0 Å². The fourth-order valence-corrected chi connectivity index (χ4v) is 1.76. The van der Waals surface area contributed by atoms with E-state index in [2.05, 4.69) is 5.32 Å². The van der Waals surface area contributed by atoms with E-state index in [4.69, 9.17) is 10.00 Å². The van der Waals surface area contributed by atoms with Crippen LogP contribution in [-0.4, -0.2) is 7.11 Å². The molecule has 1 N–H and O–H groups in total. The van der Waals surface area contributed by atoms with E-state index in [9.17, 15) is 8.78 Å². The van der Waals surface area contributed by atoms with E-state index in [1.165, 1.54) is 19.2 Å². The zero-order valence-electron chi connectivity index (χ0n) is 10.8. The Kier molecular flexibility index (Phi) is 4.16. The monoisotopic (exact) mass is 274 g/mol. The van der Waals surface area contributed by atoms with Crippen LogP contribution in [-0.2, 0) is 6.54 Å². The van der Waals surface area contributed by atoms with Crippen LogP contribution in [0.1, 0.15) is 11.1 Å². The van der Waals surface area contributed by atoms with Gasteiger partial charge in [-0.25, -0.2) is 8.78 Å². The summed E-state index contributed by atoms with van der Waals surface area (Å²) in [6.45, 7) is 0.189. The van der Waals surface area contributed by atoms with Gasteiger partial charge in [-0.1, -0.05) is 6.07 Å². The molecule has 20 heavy (non-hydrogen) atoms. The quantitative estimate of drug-likeness (QED) is 0.928. The molecule has 0 saturated carbocycles. The predicted molar refractivity (Wildman–Crippen MR) is 71.4 cm³/mol. The molecule has 0 aliphatic heterocycles. The van der Waals surface area contributed by atoms with Crippen molar-refractivity contribution in [2.24, 2.45) is 0 Å². The molecule has 3 nitrogen and oxygen atoms in total. The molecule has 0 aliphatic carbocycles. The number of nitriles is 1. The maximum absolute atomic E-state index is 13.5. The maximum Gasteiger partial charge on any atom is 0.143 e. The normalized spacial score (nSPS) is 9.90. The molecule has 2 rings (SSSR count). The molecule has 0 radical (unpaired) electrons. The third-order valence-corrected chi connectivity index (χ3v) is 2.82. The van der Waals surface area contributed by atoms with Crippen LogP contribution in [0.25, 0.3) is 0 Å². The van der Waals surface area contributed by atoms with E-state index >= 15 is 0 Å². The number of benzene rings is 2. The maximum atomic E-state index is 13.5. The Morgan fingerprint density at radius 2 is 2.00 bits per heavy atom. The topological polar surface area (TPSA) is 45.0 Å². The second-order valence-corrected chi connectivity index (χ2v) is 4.12. The van der Waals surface area contributed by atoms with E-state index in [0.29, 0.717) is 22.6 Å². The molecular formula is C15H12F2N2O. The lowest BCUT2D eigenvalue weighted by atomic mass is 10.1. The fraction of sp³-hybridized carbons (Fsp3) is 0.133. The van der Waals surface area contributed by atoms with E-state index in [0.717, 1.165) is 6.07 Å². The third-order valence-electron chi connectivity index (χ3n) is 2.82. The van der Waals surface area contributed by atoms with E-state index in [1.54, 1.807) is 18.2 Å². The van der Waals surface area contributed by atoms with Crippen LogP contribution in [0.4, 0.5) is 14.5 Å². The Hall–Kier alpha value is -2.61. The smallest absolute Gasteiger partial charge is 0.143 e. The first-order valence-corrected chi connectivity index (χ1v) is 5.90. The molecule has 2 aromatic carbocycles. The van der Waals surface area contributed by atoms with Gasteiger partial charge in [0.15, 0.2) is 0 Å². The summed E-state index contributed by atoms with van der Waals surface area (Å²) in [4.78, 5) is 0.